The largest absolute Gasteiger partial charge is 0.452 e. The molecular weight excluding hydrogens is 375 g/mol. The van der Waals surface area contributed by atoms with Gasteiger partial charge in [-0.1, -0.05) is 29.3 Å². The lowest BCUT2D eigenvalue weighted by atomic mass is 10.2. The first-order chi connectivity index (χ1) is 12.3. The minimum Gasteiger partial charge on any atom is -0.452 e. The Labute approximate surface area is 163 Å². The van der Waals surface area contributed by atoms with Gasteiger partial charge in [-0.25, -0.2) is 4.79 Å². The third-order valence-corrected chi connectivity index (χ3v) is 4.51. The maximum Gasteiger partial charge on any atom is 0.338 e. The Hall–Kier alpha value is -2.24. The Morgan fingerprint density at radius 3 is 2.19 bits per heavy atom. The van der Waals surface area contributed by atoms with Gasteiger partial charge in [0.1, 0.15) is 0 Å². The second kappa shape index (κ2) is 8.92. The molecule has 0 bridgehead atoms. The first-order valence-electron chi connectivity index (χ1n) is 7.90. The van der Waals surface area contributed by atoms with Crippen LogP contribution in [0.1, 0.15) is 15.9 Å². The van der Waals surface area contributed by atoms with Gasteiger partial charge >= 0.3 is 5.97 Å². The summed E-state index contributed by atoms with van der Waals surface area (Å²) < 4.78 is 5.10. The highest BCUT2D eigenvalue weighted by atomic mass is 35.5. The van der Waals surface area contributed by atoms with Gasteiger partial charge in [-0.05, 0) is 42.0 Å². The minimum absolute atomic E-state index is 0.311. The summed E-state index contributed by atoms with van der Waals surface area (Å²) >= 11 is 11.8. The zero-order valence-electron chi connectivity index (χ0n) is 14.8. The summed E-state index contributed by atoms with van der Waals surface area (Å²) in [5.74, 6) is -0.846. The molecule has 0 aliphatic carbocycles. The van der Waals surface area contributed by atoms with Crippen LogP contribution in [0.3, 0.4) is 0 Å². The van der Waals surface area contributed by atoms with Crippen LogP contribution in [0, 0.1) is 0 Å². The summed E-state index contributed by atoms with van der Waals surface area (Å²) in [5, 5.41) is 0.885. The molecule has 138 valence electrons. The summed E-state index contributed by atoms with van der Waals surface area (Å²) in [6.07, 6.45) is 0. The number of benzene rings is 2. The molecule has 2 aromatic rings. The van der Waals surface area contributed by atoms with Crippen LogP contribution >= 0.6 is 23.2 Å². The van der Waals surface area contributed by atoms with Gasteiger partial charge in [0.05, 0.1) is 15.6 Å². The molecule has 26 heavy (non-hydrogen) atoms. The first kappa shape index (κ1) is 20.1. The molecule has 0 atom stereocenters. The topological polar surface area (TPSA) is 49.9 Å². The molecule has 0 N–H and O–H groups in total. The van der Waals surface area contributed by atoms with Crippen LogP contribution in [0.2, 0.25) is 10.0 Å². The van der Waals surface area contributed by atoms with Crippen molar-refractivity contribution in [2.45, 2.75) is 6.54 Å². The molecule has 0 aliphatic rings. The quantitative estimate of drug-likeness (QED) is 0.697. The molecule has 7 heteroatoms. The van der Waals surface area contributed by atoms with Crippen molar-refractivity contribution >= 4 is 40.8 Å². The summed E-state index contributed by atoms with van der Waals surface area (Å²) in [4.78, 5) is 27.6. The maximum atomic E-state index is 12.2. The molecule has 0 aliphatic heterocycles. The second-order valence-electron chi connectivity index (χ2n) is 6.02. The van der Waals surface area contributed by atoms with Gasteiger partial charge in [0.25, 0.3) is 5.91 Å². The van der Waals surface area contributed by atoms with Crippen molar-refractivity contribution in [3.05, 3.63) is 63.6 Å². The molecule has 0 heterocycles. The Bertz CT molecular complexity index is 792. The van der Waals surface area contributed by atoms with Gasteiger partial charge in [-0.3, -0.25) is 4.79 Å². The molecule has 5 nitrogen and oxygen atoms in total. The predicted molar refractivity (Wildman–Crippen MR) is 104 cm³/mol. The standard InChI is InChI=1S/C19H20Cl2N2O3/c1-22(2)15-7-5-14(6-8-15)19(25)26-12-18(24)23(3)11-13-4-9-16(20)17(21)10-13/h4-10H,11-12H2,1-3H3. The van der Waals surface area contributed by atoms with E-state index in [4.69, 9.17) is 27.9 Å². The monoisotopic (exact) mass is 394 g/mol. The lowest BCUT2D eigenvalue weighted by Gasteiger charge is -2.17. The van der Waals surface area contributed by atoms with Crippen molar-refractivity contribution in [3.63, 3.8) is 0 Å². The van der Waals surface area contributed by atoms with Crippen molar-refractivity contribution in [2.75, 3.05) is 32.6 Å². The molecule has 2 rings (SSSR count). The van der Waals surface area contributed by atoms with Crippen LogP contribution in [-0.2, 0) is 16.1 Å². The van der Waals surface area contributed by atoms with Gasteiger partial charge in [0.2, 0.25) is 0 Å². The minimum atomic E-state index is -0.536. The lowest BCUT2D eigenvalue weighted by molar-refractivity contribution is -0.133. The summed E-state index contributed by atoms with van der Waals surface area (Å²) in [7, 11) is 5.45. The Morgan fingerprint density at radius 2 is 1.62 bits per heavy atom. The number of esters is 1. The highest BCUT2D eigenvalue weighted by molar-refractivity contribution is 6.42. The van der Waals surface area contributed by atoms with E-state index in [9.17, 15) is 9.59 Å². The molecule has 2 aromatic carbocycles. The number of hydrogen-bond donors (Lipinski definition) is 0. The van der Waals surface area contributed by atoms with Crippen molar-refractivity contribution in [2.24, 2.45) is 0 Å². The molecule has 0 radical (unpaired) electrons. The van der Waals surface area contributed by atoms with Crippen LogP contribution in [0.5, 0.6) is 0 Å². The Kier molecular flexibility index (Phi) is 6.89. The molecule has 0 saturated heterocycles. The van der Waals surface area contributed by atoms with E-state index >= 15 is 0 Å². The van der Waals surface area contributed by atoms with E-state index in [1.165, 1.54) is 4.90 Å². The van der Waals surface area contributed by atoms with Crippen LogP contribution in [0.4, 0.5) is 5.69 Å². The molecule has 1 amide bonds. The normalized spacial score (nSPS) is 10.3. The summed E-state index contributed by atoms with van der Waals surface area (Å²) in [5.41, 5.74) is 2.20. The number of ether oxygens (including phenoxy) is 1. The van der Waals surface area contributed by atoms with E-state index < -0.39 is 5.97 Å². The number of nitrogens with zero attached hydrogens (tertiary/aromatic N) is 2. The Morgan fingerprint density at radius 1 is 0.962 bits per heavy atom. The number of anilines is 1. The highest BCUT2D eigenvalue weighted by Crippen LogP contribution is 2.23. The number of hydrogen-bond acceptors (Lipinski definition) is 4. The van der Waals surface area contributed by atoms with E-state index in [2.05, 4.69) is 0 Å². The zero-order valence-corrected chi connectivity index (χ0v) is 16.3. The van der Waals surface area contributed by atoms with Crippen LogP contribution in [0.15, 0.2) is 42.5 Å². The average molecular weight is 395 g/mol. The summed E-state index contributed by atoms with van der Waals surface area (Å²) in [6, 6.07) is 12.1. The number of carbonyl (C=O) groups is 2. The van der Waals surface area contributed by atoms with E-state index in [1.807, 2.05) is 31.1 Å². The SMILES string of the molecule is CN(Cc1ccc(Cl)c(Cl)c1)C(=O)COC(=O)c1ccc(N(C)C)cc1. The van der Waals surface area contributed by atoms with E-state index in [1.54, 1.807) is 37.4 Å². The number of halogens is 2. The Balaban J connectivity index is 1.88. The van der Waals surface area contributed by atoms with Crippen molar-refractivity contribution in [3.8, 4) is 0 Å². The van der Waals surface area contributed by atoms with Crippen LogP contribution in [-0.4, -0.2) is 44.5 Å². The zero-order chi connectivity index (χ0) is 19.3. The molecule has 0 unspecified atom stereocenters. The van der Waals surface area contributed by atoms with Gasteiger partial charge < -0.3 is 14.5 Å². The van der Waals surface area contributed by atoms with Gasteiger partial charge in [0.15, 0.2) is 6.61 Å². The van der Waals surface area contributed by atoms with Gasteiger partial charge in [0, 0.05) is 33.4 Å². The molecule has 0 aromatic heterocycles. The van der Waals surface area contributed by atoms with E-state index in [0.29, 0.717) is 22.2 Å². The molecule has 0 saturated carbocycles. The average Bonchev–Trinajstić information content (AvgIpc) is 2.62. The number of amides is 1. The van der Waals surface area contributed by atoms with E-state index in [0.717, 1.165) is 11.3 Å². The van der Waals surface area contributed by atoms with Crippen molar-refractivity contribution < 1.29 is 14.3 Å². The van der Waals surface area contributed by atoms with Crippen molar-refractivity contribution in [1.82, 2.24) is 4.90 Å². The molecule has 0 fully saturated rings. The third-order valence-electron chi connectivity index (χ3n) is 3.78. The smallest absolute Gasteiger partial charge is 0.338 e. The van der Waals surface area contributed by atoms with Crippen molar-refractivity contribution in [1.29, 1.82) is 0 Å². The fourth-order valence-corrected chi connectivity index (χ4v) is 2.54. The highest BCUT2D eigenvalue weighted by Gasteiger charge is 2.14. The fraction of sp³-hybridized carbons (Fsp3) is 0.263. The van der Waals surface area contributed by atoms with Gasteiger partial charge in [-0.2, -0.15) is 0 Å². The van der Waals surface area contributed by atoms with Crippen LogP contribution in [0.25, 0.3) is 0 Å². The number of likely N-dealkylation sites (N-methyl/N-ethyl adjacent to an activating group) is 1. The fourth-order valence-electron chi connectivity index (χ4n) is 2.22. The van der Waals surface area contributed by atoms with Crippen LogP contribution < -0.4 is 4.90 Å². The third kappa shape index (κ3) is 5.38. The van der Waals surface area contributed by atoms with Gasteiger partial charge in [-0.15, -0.1) is 0 Å². The number of rotatable bonds is 6. The predicted octanol–water partition coefficient (Wildman–Crippen LogP) is 3.87. The first-order valence-corrected chi connectivity index (χ1v) is 8.66. The molecular formula is C19H20Cl2N2O3. The second-order valence-corrected chi connectivity index (χ2v) is 6.83. The lowest BCUT2D eigenvalue weighted by Crippen LogP contribution is -2.30. The summed E-state index contributed by atoms with van der Waals surface area (Å²) in [6.45, 7) is 0.0108. The van der Waals surface area contributed by atoms with E-state index in [-0.39, 0.29) is 12.5 Å². The maximum absolute atomic E-state index is 12.2. The number of carbonyl (C=O) groups excluding carboxylic acids is 2. The molecule has 0 spiro atoms.